The first-order valence-corrected chi connectivity index (χ1v) is 4.63. The van der Waals surface area contributed by atoms with Crippen LogP contribution in [0.3, 0.4) is 0 Å². The van der Waals surface area contributed by atoms with Gasteiger partial charge in [0.05, 0.1) is 6.54 Å². The van der Waals surface area contributed by atoms with Crippen LogP contribution in [0.15, 0.2) is 4.99 Å². The molecular formula is C8H20N5+. The second-order valence-electron chi connectivity index (χ2n) is 2.68. The highest BCUT2D eigenvalue weighted by atomic mass is 15.2. The van der Waals surface area contributed by atoms with Crippen molar-refractivity contribution in [2.24, 2.45) is 16.5 Å². The lowest BCUT2D eigenvalue weighted by molar-refractivity contribution is -0.460. The molecule has 0 heterocycles. The average Bonchev–Trinajstić information content (AvgIpc) is 2.05. The van der Waals surface area contributed by atoms with Crippen molar-refractivity contribution in [2.75, 3.05) is 13.1 Å². The maximum Gasteiger partial charge on any atom is 0.348 e. The highest BCUT2D eigenvalue weighted by Crippen LogP contribution is 1.76. The lowest BCUT2D eigenvalue weighted by Crippen LogP contribution is -2.79. The highest BCUT2D eigenvalue weighted by Gasteiger charge is 1.99. The number of unbranched alkanes of at least 4 members (excludes halogenated alkanes) is 1. The highest BCUT2D eigenvalue weighted by molar-refractivity contribution is 5.94. The van der Waals surface area contributed by atoms with Crippen molar-refractivity contribution in [1.29, 1.82) is 0 Å². The molecule has 13 heavy (non-hydrogen) atoms. The summed E-state index contributed by atoms with van der Waals surface area (Å²) in [6.45, 7) is 5.54. The molecule has 0 aromatic rings. The van der Waals surface area contributed by atoms with Gasteiger partial charge >= 0.3 is 5.96 Å². The third-order valence-corrected chi connectivity index (χ3v) is 1.44. The maximum atomic E-state index is 5.58. The molecule has 0 aromatic heterocycles. The molecule has 0 saturated heterocycles. The van der Waals surface area contributed by atoms with E-state index in [1.807, 2.05) is 6.92 Å². The lowest BCUT2D eigenvalue weighted by Gasteiger charge is -1.97. The van der Waals surface area contributed by atoms with Crippen molar-refractivity contribution in [2.45, 2.75) is 26.7 Å². The van der Waals surface area contributed by atoms with Crippen LogP contribution in [-0.4, -0.2) is 25.0 Å². The van der Waals surface area contributed by atoms with Gasteiger partial charge in [0.15, 0.2) is 0 Å². The first-order chi connectivity index (χ1) is 6.20. The Hall–Kier alpha value is -1.26. The lowest BCUT2D eigenvalue weighted by atomic mass is 10.3. The van der Waals surface area contributed by atoms with Crippen LogP contribution in [-0.2, 0) is 0 Å². The van der Waals surface area contributed by atoms with Gasteiger partial charge in [0, 0.05) is 6.54 Å². The maximum absolute atomic E-state index is 5.58. The molecule has 0 aliphatic carbocycles. The Bertz CT molecular complexity index is 185. The van der Waals surface area contributed by atoms with Crippen LogP contribution in [0.25, 0.3) is 0 Å². The molecule has 0 unspecified atom stereocenters. The van der Waals surface area contributed by atoms with E-state index in [-0.39, 0.29) is 0 Å². The van der Waals surface area contributed by atoms with Gasteiger partial charge < -0.3 is 5.73 Å². The van der Waals surface area contributed by atoms with Crippen LogP contribution in [0.2, 0.25) is 0 Å². The van der Waals surface area contributed by atoms with Gasteiger partial charge in [-0.05, 0) is 13.3 Å². The minimum absolute atomic E-state index is 0.351. The summed E-state index contributed by atoms with van der Waals surface area (Å²) in [7, 11) is 0. The topological polar surface area (TPSA) is 90.4 Å². The van der Waals surface area contributed by atoms with Crippen molar-refractivity contribution >= 4 is 11.9 Å². The Kier molecular flexibility index (Phi) is 6.68. The number of nitrogens with one attached hydrogen (secondary N) is 2. The van der Waals surface area contributed by atoms with Crippen LogP contribution in [0, 0.1) is 0 Å². The molecule has 0 bridgehead atoms. The zero-order chi connectivity index (χ0) is 10.1. The quantitative estimate of drug-likeness (QED) is 0.235. The molecule has 0 aliphatic heterocycles. The van der Waals surface area contributed by atoms with E-state index in [9.17, 15) is 0 Å². The zero-order valence-electron chi connectivity index (χ0n) is 8.43. The fourth-order valence-electron chi connectivity index (χ4n) is 0.792. The van der Waals surface area contributed by atoms with Crippen LogP contribution < -0.4 is 21.8 Å². The van der Waals surface area contributed by atoms with E-state index < -0.39 is 0 Å². The van der Waals surface area contributed by atoms with E-state index in [1.54, 1.807) is 0 Å². The number of rotatable bonds is 4. The van der Waals surface area contributed by atoms with E-state index in [1.165, 1.54) is 0 Å². The van der Waals surface area contributed by atoms with E-state index in [0.29, 0.717) is 18.5 Å². The normalized spacial score (nSPS) is 13.1. The predicted octanol–water partition coefficient (Wildman–Crippen LogP) is -1.89. The minimum Gasteiger partial charge on any atom is -0.357 e. The van der Waals surface area contributed by atoms with Gasteiger partial charge in [-0.25, -0.2) is 10.3 Å². The first-order valence-electron chi connectivity index (χ1n) is 4.63. The van der Waals surface area contributed by atoms with Crippen molar-refractivity contribution < 1.29 is 4.99 Å². The summed E-state index contributed by atoms with van der Waals surface area (Å²) in [4.78, 5) is 6.93. The number of hydrogen-bond donors (Lipinski definition) is 4. The van der Waals surface area contributed by atoms with Gasteiger partial charge in [0.25, 0.3) is 5.96 Å². The summed E-state index contributed by atoms with van der Waals surface area (Å²) >= 11 is 0. The number of guanidine groups is 2. The minimum atomic E-state index is 0.351. The van der Waals surface area contributed by atoms with Gasteiger partial charge in [-0.1, -0.05) is 13.3 Å². The molecule has 0 aliphatic rings. The second kappa shape index (κ2) is 7.39. The molecule has 0 amide bonds. The standard InChI is InChI=1S/C8H19N5/c1-3-5-6-12-8(10)13-7(9)11-4-2/h3-6H2,1-2H3,(H5,9,10,11,12,13)/p+1. The Morgan fingerprint density at radius 3 is 2.62 bits per heavy atom. The number of nitrogens with two attached hydrogens (primary N) is 2. The number of hydrogen-bond acceptors (Lipinski definition) is 1. The molecule has 5 nitrogen and oxygen atoms in total. The van der Waals surface area contributed by atoms with E-state index in [0.717, 1.165) is 19.4 Å². The largest absolute Gasteiger partial charge is 0.357 e. The molecule has 0 spiro atoms. The summed E-state index contributed by atoms with van der Waals surface area (Å²) < 4.78 is 0. The molecule has 0 aromatic carbocycles. The average molecular weight is 186 g/mol. The van der Waals surface area contributed by atoms with E-state index >= 15 is 0 Å². The van der Waals surface area contributed by atoms with Crippen molar-refractivity contribution in [3.05, 3.63) is 0 Å². The summed E-state index contributed by atoms with van der Waals surface area (Å²) in [5.74, 6) is 0.812. The molecule has 0 radical (unpaired) electrons. The smallest absolute Gasteiger partial charge is 0.348 e. The molecule has 76 valence electrons. The van der Waals surface area contributed by atoms with Gasteiger partial charge in [-0.2, -0.15) is 0 Å². The number of aliphatic imine (C=N–C) groups is 1. The van der Waals surface area contributed by atoms with Crippen molar-refractivity contribution in [3.63, 3.8) is 0 Å². The van der Waals surface area contributed by atoms with E-state index in [4.69, 9.17) is 11.5 Å². The predicted molar refractivity (Wildman–Crippen MR) is 55.2 cm³/mol. The summed E-state index contributed by atoms with van der Waals surface area (Å²) in [5, 5.41) is 2.75. The molecule has 0 rings (SSSR count). The van der Waals surface area contributed by atoms with E-state index in [2.05, 4.69) is 22.2 Å². The molecule has 0 fully saturated rings. The SMILES string of the molecule is CCCC[NH+]=C(N)NC(N)=NCC. The molecule has 5 heteroatoms. The fourth-order valence-corrected chi connectivity index (χ4v) is 0.792. The summed E-state index contributed by atoms with van der Waals surface area (Å²) in [6.07, 6.45) is 2.23. The van der Waals surface area contributed by atoms with Crippen LogP contribution >= 0.6 is 0 Å². The summed E-state index contributed by atoms with van der Waals surface area (Å²) in [6, 6.07) is 0. The van der Waals surface area contributed by atoms with Gasteiger partial charge in [0.2, 0.25) is 0 Å². The summed E-state index contributed by atoms with van der Waals surface area (Å²) in [5.41, 5.74) is 11.1. The molecular weight excluding hydrogens is 166 g/mol. The number of nitrogens with zero attached hydrogens (tertiary/aromatic N) is 1. The Balaban J connectivity index is 3.77. The van der Waals surface area contributed by atoms with Gasteiger partial charge in [-0.3, -0.25) is 10.7 Å². The van der Waals surface area contributed by atoms with Gasteiger partial charge in [-0.15, -0.1) is 0 Å². The van der Waals surface area contributed by atoms with Crippen LogP contribution in [0.5, 0.6) is 0 Å². The van der Waals surface area contributed by atoms with Crippen LogP contribution in [0.4, 0.5) is 0 Å². The monoisotopic (exact) mass is 186 g/mol. The fraction of sp³-hybridized carbons (Fsp3) is 0.750. The Morgan fingerprint density at radius 1 is 1.38 bits per heavy atom. The molecule has 0 atom stereocenters. The zero-order valence-corrected chi connectivity index (χ0v) is 8.43. The second-order valence-corrected chi connectivity index (χ2v) is 2.68. The molecule has 6 N–H and O–H groups in total. The Labute approximate surface area is 79.3 Å². The van der Waals surface area contributed by atoms with Crippen molar-refractivity contribution in [1.82, 2.24) is 5.32 Å². The van der Waals surface area contributed by atoms with Crippen molar-refractivity contribution in [3.8, 4) is 0 Å². The first kappa shape index (κ1) is 11.7. The van der Waals surface area contributed by atoms with Gasteiger partial charge in [0.1, 0.15) is 0 Å². The Morgan fingerprint density at radius 2 is 2.08 bits per heavy atom. The third-order valence-electron chi connectivity index (χ3n) is 1.44. The molecule has 0 saturated carbocycles. The third kappa shape index (κ3) is 7.11. The van der Waals surface area contributed by atoms with Crippen LogP contribution in [0.1, 0.15) is 26.7 Å².